The largest absolute Gasteiger partial charge is 0.494 e. The fourth-order valence-corrected chi connectivity index (χ4v) is 8.03. The molecule has 0 saturated heterocycles. The third-order valence-corrected chi connectivity index (χ3v) is 11.8. The summed E-state index contributed by atoms with van der Waals surface area (Å²) >= 11 is 0. The highest BCUT2D eigenvalue weighted by Gasteiger charge is 2.23. The molecule has 9 aromatic rings. The number of carbonyl (C=O) groups excluding carboxylic acids is 1. The van der Waals surface area contributed by atoms with Gasteiger partial charge >= 0.3 is 0 Å². The third-order valence-electron chi connectivity index (χ3n) is 11.8. The Hall–Kier alpha value is -8.99. The maximum absolute atomic E-state index is 13.8. The highest BCUT2D eigenvalue weighted by molar-refractivity contribution is 6.12. The van der Waals surface area contributed by atoms with Crippen LogP contribution in [0.5, 0.6) is 11.5 Å². The number of para-hydroxylation sites is 2. The van der Waals surface area contributed by atoms with E-state index in [1.165, 1.54) is 0 Å². The number of methoxy groups -OCH3 is 2. The normalized spacial score (nSPS) is 11.7. The summed E-state index contributed by atoms with van der Waals surface area (Å²) in [6, 6.07) is 63.4. The molecule has 0 fully saturated rings. The number of anilines is 2. The van der Waals surface area contributed by atoms with Crippen LogP contribution in [0, 0.1) is 0 Å². The Morgan fingerprint density at radius 3 is 1.37 bits per heavy atom. The van der Waals surface area contributed by atoms with Gasteiger partial charge in [-0.3, -0.25) is 14.7 Å². The molecule has 9 rings (SSSR count). The molecule has 0 atom stereocenters. The van der Waals surface area contributed by atoms with Gasteiger partial charge in [0, 0.05) is 36.1 Å². The molecule has 0 unspecified atom stereocenters. The van der Waals surface area contributed by atoms with Crippen molar-refractivity contribution >= 4 is 85.9 Å². The zero-order chi connectivity index (χ0) is 48.2. The first kappa shape index (κ1) is 46.1. The molecule has 344 valence electrons. The summed E-state index contributed by atoms with van der Waals surface area (Å²) in [4.78, 5) is 21.5. The number of amides is 1. The van der Waals surface area contributed by atoms with Gasteiger partial charge in [-0.05, 0) is 93.7 Å². The molecule has 9 aromatic carbocycles. The van der Waals surface area contributed by atoms with Crippen LogP contribution < -0.4 is 19.4 Å². The lowest BCUT2D eigenvalue weighted by atomic mass is 10.0. The lowest BCUT2D eigenvalue weighted by molar-refractivity contribution is 0.0990. The van der Waals surface area contributed by atoms with Crippen molar-refractivity contribution in [2.75, 3.05) is 38.3 Å². The second-order valence-corrected chi connectivity index (χ2v) is 16.4. The summed E-state index contributed by atoms with van der Waals surface area (Å²) in [5, 5.41) is 24.0. The minimum absolute atomic E-state index is 0.208. The average Bonchev–Trinajstić information content (AvgIpc) is 3.42. The van der Waals surface area contributed by atoms with Crippen LogP contribution in [0.25, 0.3) is 45.8 Å². The van der Waals surface area contributed by atoms with Crippen molar-refractivity contribution in [2.24, 2.45) is 20.5 Å². The van der Waals surface area contributed by atoms with Crippen molar-refractivity contribution in [1.29, 1.82) is 0 Å². The highest BCUT2D eigenvalue weighted by atomic mass is 16.7. The number of rotatable bonds is 16. The van der Waals surface area contributed by atoms with Gasteiger partial charge in [0.1, 0.15) is 18.0 Å². The first-order valence-corrected chi connectivity index (χ1v) is 22.8. The quantitative estimate of drug-likeness (QED) is 0.0546. The predicted octanol–water partition coefficient (Wildman–Crippen LogP) is 16.0. The Kier molecular flexibility index (Phi) is 14.3. The number of azo groups is 2. The topological polar surface area (TPSA) is 101 Å². The first-order chi connectivity index (χ1) is 34.3. The number of hydrogen-bond acceptors (Lipinski definition) is 9. The van der Waals surface area contributed by atoms with Crippen LogP contribution in [-0.4, -0.2) is 34.2 Å². The molecule has 0 saturated carbocycles. The monoisotopic (exact) mass is 918 g/mol. The highest BCUT2D eigenvalue weighted by Crippen LogP contribution is 2.42. The van der Waals surface area contributed by atoms with Crippen molar-refractivity contribution < 1.29 is 19.1 Å². The Labute approximate surface area is 407 Å². The minimum atomic E-state index is -0.208. The maximum Gasteiger partial charge on any atom is 0.261 e. The molecular weight excluding hydrogens is 869 g/mol. The number of hydrogen-bond donors (Lipinski definition) is 0. The molecule has 0 radical (unpaired) electrons. The predicted molar refractivity (Wildman–Crippen MR) is 285 cm³/mol. The lowest BCUT2D eigenvalue weighted by Gasteiger charge is -2.20. The summed E-state index contributed by atoms with van der Waals surface area (Å²) in [6.45, 7) is 0.292. The summed E-state index contributed by atoms with van der Waals surface area (Å²) < 4.78 is 11.8. The second kappa shape index (κ2) is 21.8. The van der Waals surface area contributed by atoms with Gasteiger partial charge in [-0.25, -0.2) is 0 Å². The maximum atomic E-state index is 13.8. The summed E-state index contributed by atoms with van der Waals surface area (Å²) in [6.07, 6.45) is 8.31. The van der Waals surface area contributed by atoms with E-state index in [-0.39, 0.29) is 5.91 Å². The Morgan fingerprint density at radius 2 is 0.886 bits per heavy atom. The van der Waals surface area contributed by atoms with Crippen molar-refractivity contribution in [2.45, 2.75) is 6.61 Å². The summed E-state index contributed by atoms with van der Waals surface area (Å²) in [5.74, 6) is 0.784. The standard InChI is InChI=1S/C60H50N6O4/c1-65(51-17-7-5-8-18-51)60(67)55-40-47-16-12-14-22-54(47)57(59(55)69-4)64-62-50-37-33-45(34-38-50)30-28-43-25-23-42(24-26-43)27-29-44-31-35-49(36-32-44)61-63-56-53-21-13-11-15-46(53)39-48(58(56)68-3)41-70-66(2)52-19-9-6-10-20-52/h5-40H,41H2,1-4H3. The second-order valence-electron chi connectivity index (χ2n) is 16.4. The van der Waals surface area contributed by atoms with Gasteiger partial charge in [0.05, 0.1) is 36.8 Å². The van der Waals surface area contributed by atoms with Gasteiger partial charge in [-0.1, -0.05) is 158 Å². The molecule has 10 nitrogen and oxygen atoms in total. The number of hydroxylamine groups is 1. The van der Waals surface area contributed by atoms with E-state index in [0.717, 1.165) is 66.4 Å². The van der Waals surface area contributed by atoms with Gasteiger partial charge in [0.2, 0.25) is 0 Å². The zero-order valence-corrected chi connectivity index (χ0v) is 39.3. The number of carbonyl (C=O) groups is 1. The van der Waals surface area contributed by atoms with E-state index in [9.17, 15) is 4.79 Å². The fourth-order valence-electron chi connectivity index (χ4n) is 8.03. The van der Waals surface area contributed by atoms with Gasteiger partial charge < -0.3 is 14.4 Å². The molecule has 0 aliphatic carbocycles. The Balaban J connectivity index is 0.831. The lowest BCUT2D eigenvalue weighted by Crippen LogP contribution is -2.26. The minimum Gasteiger partial charge on any atom is -0.494 e. The van der Waals surface area contributed by atoms with E-state index in [1.54, 1.807) is 31.2 Å². The molecular formula is C60H50N6O4. The molecule has 0 aliphatic rings. The van der Waals surface area contributed by atoms with Crippen molar-refractivity contribution in [1.82, 2.24) is 0 Å². The van der Waals surface area contributed by atoms with Crippen LogP contribution in [0.3, 0.4) is 0 Å². The first-order valence-electron chi connectivity index (χ1n) is 22.8. The molecule has 0 spiro atoms. The summed E-state index contributed by atoms with van der Waals surface area (Å²) in [5.41, 5.74) is 9.74. The van der Waals surface area contributed by atoms with E-state index in [0.29, 0.717) is 40.7 Å². The third kappa shape index (κ3) is 10.7. The van der Waals surface area contributed by atoms with E-state index in [4.69, 9.17) is 19.4 Å². The van der Waals surface area contributed by atoms with Crippen LogP contribution in [0.4, 0.5) is 34.1 Å². The SMILES string of the molecule is COc1c(CON(C)c2ccccc2)cc2ccccc2c1N=Nc1ccc(C=Cc2ccc(C=Cc3ccc(N=Nc4c(OC)c(C(=O)N(C)c5ccccc5)cc5ccccc45)cc3)cc2)cc1. The molecule has 0 bridgehead atoms. The van der Waals surface area contributed by atoms with E-state index >= 15 is 0 Å². The number of benzene rings is 9. The molecule has 0 N–H and O–H groups in total. The Bertz CT molecular complexity index is 3370. The van der Waals surface area contributed by atoms with Gasteiger partial charge in [0.15, 0.2) is 11.5 Å². The number of ether oxygens (including phenoxy) is 2. The fraction of sp³-hybridized carbons (Fsp3) is 0.0833. The molecule has 0 aromatic heterocycles. The van der Waals surface area contributed by atoms with Crippen LogP contribution in [0.1, 0.15) is 38.2 Å². The van der Waals surface area contributed by atoms with Gasteiger partial charge in [0.25, 0.3) is 5.91 Å². The molecule has 0 heterocycles. The number of fused-ring (bicyclic) bond motifs is 2. The van der Waals surface area contributed by atoms with Crippen LogP contribution in [-0.2, 0) is 11.4 Å². The molecule has 0 aliphatic heterocycles. The van der Waals surface area contributed by atoms with Crippen LogP contribution in [0.15, 0.2) is 215 Å². The van der Waals surface area contributed by atoms with Gasteiger partial charge in [-0.2, -0.15) is 10.2 Å². The molecule has 70 heavy (non-hydrogen) atoms. The molecule has 1 amide bonds. The van der Waals surface area contributed by atoms with Crippen molar-refractivity contribution in [3.05, 3.63) is 228 Å². The van der Waals surface area contributed by atoms with E-state index < -0.39 is 0 Å². The van der Waals surface area contributed by atoms with Crippen LogP contribution in [0.2, 0.25) is 0 Å². The van der Waals surface area contributed by atoms with Crippen molar-refractivity contribution in [3.8, 4) is 11.5 Å². The van der Waals surface area contributed by atoms with E-state index in [2.05, 4.69) is 76.0 Å². The Morgan fingerprint density at radius 1 is 0.471 bits per heavy atom. The van der Waals surface area contributed by atoms with Crippen LogP contribution >= 0.6 is 0 Å². The molecule has 10 heteroatoms. The van der Waals surface area contributed by atoms with Gasteiger partial charge in [-0.15, -0.1) is 10.2 Å². The van der Waals surface area contributed by atoms with Crippen molar-refractivity contribution in [3.63, 3.8) is 0 Å². The smallest absolute Gasteiger partial charge is 0.261 e. The average molecular weight is 919 g/mol. The zero-order valence-electron chi connectivity index (χ0n) is 39.3. The summed E-state index contributed by atoms with van der Waals surface area (Å²) in [7, 11) is 6.84. The van der Waals surface area contributed by atoms with E-state index in [1.807, 2.05) is 165 Å². The number of nitrogens with zero attached hydrogens (tertiary/aromatic N) is 6.